The molecule has 0 atom stereocenters. The molecule has 1 aliphatic rings. The number of rotatable bonds is 0. The lowest BCUT2D eigenvalue weighted by Crippen LogP contribution is -2.24. The molecule has 0 unspecified atom stereocenters. The molecule has 1 fully saturated rings. The van der Waals surface area contributed by atoms with Crippen LogP contribution in [0.15, 0.2) is 10.6 Å². The van der Waals surface area contributed by atoms with Gasteiger partial charge in [-0.2, -0.15) is 0 Å². The van der Waals surface area contributed by atoms with Gasteiger partial charge in [0.05, 0.1) is 0 Å². The first kappa shape index (κ1) is 6.34. The summed E-state index contributed by atoms with van der Waals surface area (Å²) < 4.78 is 0. The lowest BCUT2D eigenvalue weighted by molar-refractivity contribution is 0.307. The van der Waals surface area contributed by atoms with Gasteiger partial charge in [-0.15, -0.1) is 0 Å². The molecule has 0 bridgehead atoms. The molecular formula is C7H11Br. The van der Waals surface area contributed by atoms with Crippen molar-refractivity contribution in [3.05, 3.63) is 10.6 Å². The predicted octanol–water partition coefficient (Wildman–Crippen LogP) is 3.09. The van der Waals surface area contributed by atoms with Gasteiger partial charge in [-0.25, -0.2) is 0 Å². The highest BCUT2D eigenvalue weighted by Crippen LogP contribution is 2.45. The van der Waals surface area contributed by atoms with Crippen LogP contribution in [-0.2, 0) is 0 Å². The Labute approximate surface area is 59.1 Å². The molecule has 46 valence electrons. The van der Waals surface area contributed by atoms with Crippen molar-refractivity contribution >= 4 is 15.9 Å². The third-order valence-electron chi connectivity index (χ3n) is 2.02. The largest absolute Gasteiger partial charge is 0.0595 e. The fourth-order valence-electron chi connectivity index (χ4n) is 0.972. The quantitative estimate of drug-likeness (QED) is 0.530. The molecule has 0 aliphatic heterocycles. The van der Waals surface area contributed by atoms with Crippen LogP contribution in [0.4, 0.5) is 0 Å². The van der Waals surface area contributed by atoms with Crippen molar-refractivity contribution in [3.8, 4) is 0 Å². The first-order valence-electron chi connectivity index (χ1n) is 2.96. The highest BCUT2D eigenvalue weighted by atomic mass is 79.9. The number of hydrogen-bond acceptors (Lipinski definition) is 0. The number of hydrogen-bond donors (Lipinski definition) is 0. The number of allylic oxidation sites excluding steroid dienone is 1. The van der Waals surface area contributed by atoms with Crippen LogP contribution in [0.3, 0.4) is 0 Å². The van der Waals surface area contributed by atoms with E-state index in [1.807, 2.05) is 0 Å². The molecule has 8 heavy (non-hydrogen) atoms. The average molecular weight is 175 g/mol. The molecule has 0 saturated heterocycles. The average Bonchev–Trinajstić information content (AvgIpc) is 1.66. The van der Waals surface area contributed by atoms with Crippen molar-refractivity contribution in [1.82, 2.24) is 0 Å². The summed E-state index contributed by atoms with van der Waals surface area (Å²) in [5.74, 6) is 0. The highest BCUT2D eigenvalue weighted by molar-refractivity contribution is 9.11. The summed E-state index contributed by atoms with van der Waals surface area (Å²) in [6.07, 6.45) is 2.64. The van der Waals surface area contributed by atoms with Gasteiger partial charge in [0.2, 0.25) is 0 Å². The van der Waals surface area contributed by atoms with Crippen molar-refractivity contribution in [2.24, 2.45) is 5.41 Å². The van der Waals surface area contributed by atoms with Gasteiger partial charge in [-0.1, -0.05) is 35.4 Å². The molecule has 0 aromatic heterocycles. The summed E-state index contributed by atoms with van der Waals surface area (Å²) >= 11 is 3.34. The van der Waals surface area contributed by atoms with Gasteiger partial charge < -0.3 is 0 Å². The van der Waals surface area contributed by atoms with Crippen LogP contribution in [0, 0.1) is 5.41 Å². The maximum absolute atomic E-state index is 3.34. The van der Waals surface area contributed by atoms with Crippen molar-refractivity contribution in [2.45, 2.75) is 26.7 Å². The topological polar surface area (TPSA) is 0 Å². The zero-order valence-corrected chi connectivity index (χ0v) is 6.96. The Morgan fingerprint density at radius 2 is 2.25 bits per heavy atom. The summed E-state index contributed by atoms with van der Waals surface area (Å²) in [6, 6.07) is 0. The van der Waals surface area contributed by atoms with E-state index in [4.69, 9.17) is 0 Å². The Morgan fingerprint density at radius 1 is 1.62 bits per heavy atom. The van der Waals surface area contributed by atoms with Crippen LogP contribution >= 0.6 is 15.9 Å². The summed E-state index contributed by atoms with van der Waals surface area (Å²) in [5, 5.41) is 0. The van der Waals surface area contributed by atoms with Gasteiger partial charge in [0, 0.05) is 0 Å². The van der Waals surface area contributed by atoms with Crippen molar-refractivity contribution in [3.63, 3.8) is 0 Å². The normalized spacial score (nSPS) is 30.1. The summed E-state index contributed by atoms with van der Waals surface area (Å²) in [7, 11) is 0. The van der Waals surface area contributed by atoms with Crippen LogP contribution in [0.25, 0.3) is 0 Å². The minimum absolute atomic E-state index is 0.503. The van der Waals surface area contributed by atoms with Crippen LogP contribution in [0.2, 0.25) is 0 Å². The Bertz CT molecular complexity index is 122. The lowest BCUT2D eigenvalue weighted by atomic mass is 9.68. The van der Waals surface area contributed by atoms with E-state index in [1.165, 1.54) is 12.8 Å². The molecule has 1 aliphatic carbocycles. The third kappa shape index (κ3) is 0.838. The Hall–Kier alpha value is 0.220. The van der Waals surface area contributed by atoms with Crippen molar-refractivity contribution in [2.75, 3.05) is 0 Å². The first-order valence-corrected chi connectivity index (χ1v) is 3.88. The Balaban J connectivity index is 2.63. The first-order chi connectivity index (χ1) is 3.67. The van der Waals surface area contributed by atoms with E-state index in [9.17, 15) is 0 Å². The zero-order valence-electron chi connectivity index (χ0n) is 5.37. The highest BCUT2D eigenvalue weighted by Gasteiger charge is 2.31. The minimum atomic E-state index is 0.503. The molecule has 0 amide bonds. The fourth-order valence-corrected chi connectivity index (χ4v) is 1.82. The molecule has 0 radical (unpaired) electrons. The second-order valence-electron chi connectivity index (χ2n) is 3.02. The fraction of sp³-hybridized carbons (Fsp3) is 0.714. The standard InChI is InChI=1S/C7H11Br/c1-7(2)4-3-6(7)5-8/h5H,3-4H2,1-2H3/b6-5-. The van der Waals surface area contributed by atoms with Crippen LogP contribution in [0.1, 0.15) is 26.7 Å². The van der Waals surface area contributed by atoms with E-state index in [1.54, 1.807) is 5.57 Å². The molecule has 0 N–H and O–H groups in total. The molecule has 1 rings (SSSR count). The molecule has 1 saturated carbocycles. The number of halogens is 1. The van der Waals surface area contributed by atoms with Gasteiger partial charge >= 0.3 is 0 Å². The third-order valence-corrected chi connectivity index (χ3v) is 2.57. The van der Waals surface area contributed by atoms with E-state index in [2.05, 4.69) is 34.8 Å². The lowest BCUT2D eigenvalue weighted by Gasteiger charge is -2.37. The van der Waals surface area contributed by atoms with Crippen LogP contribution in [-0.4, -0.2) is 0 Å². The van der Waals surface area contributed by atoms with E-state index in [0.29, 0.717) is 5.41 Å². The van der Waals surface area contributed by atoms with Gasteiger partial charge in [0.1, 0.15) is 0 Å². The SMILES string of the molecule is CC1(C)CC/C1=C/Br. The molecule has 1 heteroatoms. The predicted molar refractivity (Wildman–Crippen MR) is 40.0 cm³/mol. The van der Waals surface area contributed by atoms with E-state index in [0.717, 1.165) is 0 Å². The van der Waals surface area contributed by atoms with E-state index in [-0.39, 0.29) is 0 Å². The molecule has 0 aromatic rings. The van der Waals surface area contributed by atoms with E-state index < -0.39 is 0 Å². The zero-order chi connectivity index (χ0) is 6.20. The molecule has 0 aromatic carbocycles. The van der Waals surface area contributed by atoms with Crippen molar-refractivity contribution < 1.29 is 0 Å². The van der Waals surface area contributed by atoms with Gasteiger partial charge in [-0.05, 0) is 23.2 Å². The molecule has 0 spiro atoms. The Morgan fingerprint density at radius 3 is 2.25 bits per heavy atom. The molecule has 0 nitrogen and oxygen atoms in total. The Kier molecular flexibility index (Phi) is 1.48. The van der Waals surface area contributed by atoms with E-state index >= 15 is 0 Å². The molecule has 0 heterocycles. The maximum atomic E-state index is 3.34. The smallest absolute Gasteiger partial charge is 0.0133 e. The summed E-state index contributed by atoms with van der Waals surface area (Å²) in [4.78, 5) is 2.07. The van der Waals surface area contributed by atoms with Crippen LogP contribution < -0.4 is 0 Å². The second kappa shape index (κ2) is 1.87. The van der Waals surface area contributed by atoms with Crippen molar-refractivity contribution in [1.29, 1.82) is 0 Å². The molecular weight excluding hydrogens is 164 g/mol. The van der Waals surface area contributed by atoms with Gasteiger partial charge in [0.15, 0.2) is 0 Å². The van der Waals surface area contributed by atoms with Crippen LogP contribution in [0.5, 0.6) is 0 Å². The monoisotopic (exact) mass is 174 g/mol. The summed E-state index contributed by atoms with van der Waals surface area (Å²) in [6.45, 7) is 4.56. The minimum Gasteiger partial charge on any atom is -0.0595 e. The van der Waals surface area contributed by atoms with Gasteiger partial charge in [0.25, 0.3) is 0 Å². The second-order valence-corrected chi connectivity index (χ2v) is 3.48. The maximum Gasteiger partial charge on any atom is -0.0133 e. The van der Waals surface area contributed by atoms with Gasteiger partial charge in [-0.3, -0.25) is 0 Å². The summed E-state index contributed by atoms with van der Waals surface area (Å²) in [5.41, 5.74) is 2.06.